The highest BCUT2D eigenvalue weighted by Crippen LogP contribution is 2.26. The summed E-state index contributed by atoms with van der Waals surface area (Å²) in [6.45, 7) is 2.96. The number of amides is 1. The van der Waals surface area contributed by atoms with Gasteiger partial charge < -0.3 is 10.0 Å². The Kier molecular flexibility index (Phi) is 4.01. The number of likely N-dealkylation sites (tertiary alicyclic amines) is 1. The maximum Gasteiger partial charge on any atom is 0.306 e. The molecule has 2 atom stereocenters. The molecular formula is C18H21NO3. The maximum absolute atomic E-state index is 12.7. The van der Waals surface area contributed by atoms with Gasteiger partial charge in [-0.25, -0.2) is 0 Å². The fraction of sp³-hybridized carbons (Fsp3) is 0.444. The number of nitrogens with zero attached hydrogens (tertiary/aromatic N) is 1. The summed E-state index contributed by atoms with van der Waals surface area (Å²) in [5.41, 5.74) is 3.14. The quantitative estimate of drug-likeness (QED) is 0.913. The highest BCUT2D eigenvalue weighted by molar-refractivity contribution is 5.95. The summed E-state index contributed by atoms with van der Waals surface area (Å²) >= 11 is 0. The number of allylic oxidation sites excluding steroid dienone is 1. The molecule has 1 aliphatic carbocycles. The van der Waals surface area contributed by atoms with E-state index in [-0.39, 0.29) is 17.7 Å². The Morgan fingerprint density at radius 2 is 2.14 bits per heavy atom. The van der Waals surface area contributed by atoms with Crippen LogP contribution in [0.25, 0.3) is 6.08 Å². The van der Waals surface area contributed by atoms with Crippen LogP contribution in [0.3, 0.4) is 0 Å². The largest absolute Gasteiger partial charge is 0.481 e. The van der Waals surface area contributed by atoms with Crippen LogP contribution in [0.2, 0.25) is 0 Å². The van der Waals surface area contributed by atoms with Gasteiger partial charge >= 0.3 is 5.97 Å². The molecule has 4 heteroatoms. The van der Waals surface area contributed by atoms with Crippen molar-refractivity contribution in [1.29, 1.82) is 0 Å². The number of aliphatic carboxylic acids is 1. The molecule has 116 valence electrons. The van der Waals surface area contributed by atoms with Crippen LogP contribution >= 0.6 is 0 Å². The van der Waals surface area contributed by atoms with E-state index in [1.807, 2.05) is 25.1 Å². The highest BCUT2D eigenvalue weighted by Gasteiger charge is 2.33. The lowest BCUT2D eigenvalue weighted by Gasteiger charge is -2.35. The molecule has 3 rings (SSSR count). The molecular weight excluding hydrogens is 278 g/mol. The predicted molar refractivity (Wildman–Crippen MR) is 84.6 cm³/mol. The average molecular weight is 299 g/mol. The second kappa shape index (κ2) is 5.95. The number of hydrogen-bond acceptors (Lipinski definition) is 2. The smallest absolute Gasteiger partial charge is 0.306 e. The van der Waals surface area contributed by atoms with Gasteiger partial charge in [0.25, 0.3) is 5.91 Å². The minimum atomic E-state index is -0.750. The van der Waals surface area contributed by atoms with Gasteiger partial charge in [0.1, 0.15) is 0 Å². The van der Waals surface area contributed by atoms with Crippen LogP contribution in [0.5, 0.6) is 0 Å². The minimum Gasteiger partial charge on any atom is -0.481 e. The molecule has 2 unspecified atom stereocenters. The summed E-state index contributed by atoms with van der Waals surface area (Å²) in [5, 5.41) is 9.17. The SMILES string of the molecule is CC1CN(C(=O)c2ccc3c(c2)CCC=C3)CCC1C(=O)O. The van der Waals surface area contributed by atoms with Gasteiger partial charge in [-0.15, -0.1) is 0 Å². The molecule has 1 aromatic rings. The number of fused-ring (bicyclic) bond motifs is 1. The monoisotopic (exact) mass is 299 g/mol. The Morgan fingerprint density at radius 1 is 1.32 bits per heavy atom. The Balaban J connectivity index is 1.75. The number of rotatable bonds is 2. The van der Waals surface area contributed by atoms with E-state index in [1.54, 1.807) is 4.90 Å². The first-order valence-electron chi connectivity index (χ1n) is 7.88. The summed E-state index contributed by atoms with van der Waals surface area (Å²) in [4.78, 5) is 25.6. The molecule has 0 aromatic heterocycles. The van der Waals surface area contributed by atoms with Crippen molar-refractivity contribution < 1.29 is 14.7 Å². The summed E-state index contributed by atoms with van der Waals surface area (Å²) < 4.78 is 0. The molecule has 1 aromatic carbocycles. The van der Waals surface area contributed by atoms with Crippen molar-refractivity contribution in [2.45, 2.75) is 26.2 Å². The molecule has 0 spiro atoms. The first-order chi connectivity index (χ1) is 10.6. The van der Waals surface area contributed by atoms with Crippen LogP contribution in [-0.4, -0.2) is 35.0 Å². The predicted octanol–water partition coefficient (Wildman–Crippen LogP) is 2.83. The first-order valence-corrected chi connectivity index (χ1v) is 7.88. The van der Waals surface area contributed by atoms with Crippen LogP contribution in [-0.2, 0) is 11.2 Å². The third-order valence-corrected chi connectivity index (χ3v) is 4.78. The van der Waals surface area contributed by atoms with E-state index in [2.05, 4.69) is 12.2 Å². The van der Waals surface area contributed by atoms with Crippen molar-refractivity contribution in [2.75, 3.05) is 13.1 Å². The molecule has 1 aliphatic heterocycles. The summed E-state index contributed by atoms with van der Waals surface area (Å²) in [6.07, 6.45) is 6.79. The zero-order chi connectivity index (χ0) is 15.7. The van der Waals surface area contributed by atoms with Gasteiger partial charge in [-0.05, 0) is 48.4 Å². The van der Waals surface area contributed by atoms with Crippen molar-refractivity contribution in [1.82, 2.24) is 4.90 Å². The van der Waals surface area contributed by atoms with E-state index in [0.717, 1.165) is 18.4 Å². The standard InChI is InChI=1S/C18H21NO3/c1-12-11-19(9-8-16(12)18(21)22)17(20)15-7-6-13-4-2-3-5-14(13)10-15/h2,4,6-7,10,12,16H,3,5,8-9,11H2,1H3,(H,21,22). The molecule has 22 heavy (non-hydrogen) atoms. The van der Waals surface area contributed by atoms with Crippen molar-refractivity contribution in [3.63, 3.8) is 0 Å². The summed E-state index contributed by atoms with van der Waals surface area (Å²) in [7, 11) is 0. The Bertz CT molecular complexity index is 635. The zero-order valence-corrected chi connectivity index (χ0v) is 12.8. The van der Waals surface area contributed by atoms with E-state index < -0.39 is 5.97 Å². The number of carbonyl (C=O) groups is 2. The fourth-order valence-electron chi connectivity index (χ4n) is 3.45. The number of benzene rings is 1. The van der Waals surface area contributed by atoms with Gasteiger partial charge in [-0.3, -0.25) is 9.59 Å². The number of aryl methyl sites for hydroxylation is 1. The number of carboxylic acids is 1. The zero-order valence-electron chi connectivity index (χ0n) is 12.8. The van der Waals surface area contributed by atoms with Crippen molar-refractivity contribution in [3.8, 4) is 0 Å². The molecule has 4 nitrogen and oxygen atoms in total. The minimum absolute atomic E-state index is 0.00393. The van der Waals surface area contributed by atoms with Gasteiger partial charge in [0, 0.05) is 18.7 Å². The third kappa shape index (κ3) is 2.78. The molecule has 1 fully saturated rings. The molecule has 0 radical (unpaired) electrons. The second-order valence-electron chi connectivity index (χ2n) is 6.32. The van der Waals surface area contributed by atoms with Gasteiger partial charge in [0.15, 0.2) is 0 Å². The van der Waals surface area contributed by atoms with E-state index in [0.29, 0.717) is 19.5 Å². The molecule has 1 amide bonds. The highest BCUT2D eigenvalue weighted by atomic mass is 16.4. The maximum atomic E-state index is 12.7. The summed E-state index contributed by atoms with van der Waals surface area (Å²) in [5.74, 6) is -1.07. The Labute approximate surface area is 130 Å². The third-order valence-electron chi connectivity index (χ3n) is 4.78. The van der Waals surface area contributed by atoms with Gasteiger partial charge in [-0.1, -0.05) is 25.1 Å². The molecule has 1 saturated heterocycles. The van der Waals surface area contributed by atoms with Crippen LogP contribution in [0, 0.1) is 11.8 Å². The van der Waals surface area contributed by atoms with Gasteiger partial charge in [0.05, 0.1) is 5.92 Å². The van der Waals surface area contributed by atoms with Crippen molar-refractivity contribution >= 4 is 18.0 Å². The molecule has 1 N–H and O–H groups in total. The topological polar surface area (TPSA) is 57.6 Å². The first kappa shape index (κ1) is 14.8. The Morgan fingerprint density at radius 3 is 2.86 bits per heavy atom. The number of piperidine rings is 1. The van der Waals surface area contributed by atoms with E-state index in [1.165, 1.54) is 11.1 Å². The van der Waals surface area contributed by atoms with Crippen LogP contribution in [0.4, 0.5) is 0 Å². The number of carbonyl (C=O) groups excluding carboxylic acids is 1. The lowest BCUT2D eigenvalue weighted by atomic mass is 9.86. The molecule has 0 bridgehead atoms. The normalized spacial score (nSPS) is 24.0. The second-order valence-corrected chi connectivity index (χ2v) is 6.32. The lowest BCUT2D eigenvalue weighted by Crippen LogP contribution is -2.45. The summed E-state index contributed by atoms with van der Waals surface area (Å²) in [6, 6.07) is 5.88. The number of carboxylic acid groups (broad SMARTS) is 1. The van der Waals surface area contributed by atoms with E-state index >= 15 is 0 Å². The van der Waals surface area contributed by atoms with E-state index in [9.17, 15) is 14.7 Å². The van der Waals surface area contributed by atoms with Crippen LogP contribution < -0.4 is 0 Å². The fourth-order valence-corrected chi connectivity index (χ4v) is 3.45. The van der Waals surface area contributed by atoms with E-state index in [4.69, 9.17) is 0 Å². The Hall–Kier alpha value is -2.10. The van der Waals surface area contributed by atoms with Crippen molar-refractivity contribution in [3.05, 3.63) is 41.0 Å². The van der Waals surface area contributed by atoms with Gasteiger partial charge in [-0.2, -0.15) is 0 Å². The van der Waals surface area contributed by atoms with Crippen LogP contribution in [0.15, 0.2) is 24.3 Å². The van der Waals surface area contributed by atoms with Crippen LogP contribution in [0.1, 0.15) is 41.3 Å². The van der Waals surface area contributed by atoms with Crippen molar-refractivity contribution in [2.24, 2.45) is 11.8 Å². The molecule has 0 saturated carbocycles. The average Bonchev–Trinajstić information content (AvgIpc) is 2.53. The lowest BCUT2D eigenvalue weighted by molar-refractivity contribution is -0.145. The molecule has 1 heterocycles. The molecule has 2 aliphatic rings. The van der Waals surface area contributed by atoms with Gasteiger partial charge in [0.2, 0.25) is 0 Å². The number of hydrogen-bond donors (Lipinski definition) is 1.